The quantitative estimate of drug-likeness (QED) is 0.666. The van der Waals surface area contributed by atoms with Crippen LogP contribution in [0.25, 0.3) is 0 Å². The van der Waals surface area contributed by atoms with Crippen LogP contribution in [0.1, 0.15) is 10.5 Å². The minimum absolute atomic E-state index is 0.496. The van der Waals surface area contributed by atoms with E-state index in [4.69, 9.17) is 0 Å². The van der Waals surface area contributed by atoms with Crippen molar-refractivity contribution in [1.82, 2.24) is 4.98 Å². The van der Waals surface area contributed by atoms with Crippen molar-refractivity contribution in [2.75, 3.05) is 23.1 Å². The van der Waals surface area contributed by atoms with Crippen molar-refractivity contribution < 1.29 is 4.79 Å². The number of aromatic nitrogens is 1. The molecule has 1 aromatic rings. The predicted octanol–water partition coefficient (Wildman–Crippen LogP) is 1.40. The van der Waals surface area contributed by atoms with Crippen LogP contribution in [-0.4, -0.2) is 29.4 Å². The lowest BCUT2D eigenvalue weighted by molar-refractivity contribution is 0.111. The number of nitrogens with zero attached hydrogens (tertiary/aromatic N) is 2. The molecule has 0 radical (unpaired) electrons. The average molecular weight is 194 g/mol. The van der Waals surface area contributed by atoms with Gasteiger partial charge in [0.2, 0.25) is 0 Å². The summed E-state index contributed by atoms with van der Waals surface area (Å²) < 4.78 is 0. The molecule has 4 heteroatoms. The minimum atomic E-state index is 0.496. The molecule has 1 saturated heterocycles. The Labute approximate surface area is 81.1 Å². The highest BCUT2D eigenvalue weighted by Gasteiger charge is 2.12. The van der Waals surface area contributed by atoms with Crippen molar-refractivity contribution in [1.29, 1.82) is 0 Å². The number of hydrogen-bond acceptors (Lipinski definition) is 4. The molecule has 13 heavy (non-hydrogen) atoms. The van der Waals surface area contributed by atoms with Crippen LogP contribution >= 0.6 is 11.8 Å². The largest absolute Gasteiger partial charge is 0.360 e. The second-order valence-corrected chi connectivity index (χ2v) is 3.93. The van der Waals surface area contributed by atoms with Crippen LogP contribution in [0.3, 0.4) is 0 Å². The van der Waals surface area contributed by atoms with Crippen molar-refractivity contribution in [2.45, 2.75) is 0 Å². The predicted molar refractivity (Wildman–Crippen MR) is 54.3 cm³/mol. The maximum absolute atomic E-state index is 10.4. The average Bonchev–Trinajstić information content (AvgIpc) is 2.71. The summed E-state index contributed by atoms with van der Waals surface area (Å²) in [5, 5.41) is 0. The van der Waals surface area contributed by atoms with Crippen LogP contribution in [-0.2, 0) is 0 Å². The number of rotatable bonds is 2. The smallest absolute Gasteiger partial charge is 0.168 e. The number of hydrogen-bond donors (Lipinski definition) is 0. The van der Waals surface area contributed by atoms with Gasteiger partial charge in [-0.1, -0.05) is 0 Å². The Bertz CT molecular complexity index is 293. The fraction of sp³-hybridized carbons (Fsp3) is 0.333. The third-order valence-corrected chi connectivity index (χ3v) is 2.97. The van der Waals surface area contributed by atoms with Gasteiger partial charge >= 0.3 is 0 Å². The standard InChI is InChI=1S/C9H10N2OS/c12-6-8-1-2-9(5-10-8)11-3-4-13-7-11/h1-2,5-6H,3-4,7H2. The third kappa shape index (κ3) is 1.83. The fourth-order valence-corrected chi connectivity index (χ4v) is 2.25. The molecule has 1 fully saturated rings. The molecule has 0 bridgehead atoms. The fourth-order valence-electron chi connectivity index (χ4n) is 1.27. The molecule has 1 aliphatic heterocycles. The molecule has 0 aromatic carbocycles. The normalized spacial score (nSPS) is 16.2. The van der Waals surface area contributed by atoms with Gasteiger partial charge in [-0.2, -0.15) is 0 Å². The van der Waals surface area contributed by atoms with Gasteiger partial charge in [-0.15, -0.1) is 11.8 Å². The number of carbonyl (C=O) groups is 1. The van der Waals surface area contributed by atoms with E-state index in [9.17, 15) is 4.79 Å². The number of anilines is 1. The van der Waals surface area contributed by atoms with E-state index in [2.05, 4.69) is 9.88 Å². The van der Waals surface area contributed by atoms with E-state index in [0.717, 1.165) is 24.4 Å². The van der Waals surface area contributed by atoms with Gasteiger partial charge in [-0.25, -0.2) is 0 Å². The molecule has 1 aromatic heterocycles. The topological polar surface area (TPSA) is 33.2 Å². The molecular formula is C9H10N2OS. The Balaban J connectivity index is 2.16. The highest BCUT2D eigenvalue weighted by molar-refractivity contribution is 7.99. The lowest BCUT2D eigenvalue weighted by Gasteiger charge is -2.15. The first kappa shape index (κ1) is 8.56. The molecule has 0 amide bonds. The maximum Gasteiger partial charge on any atom is 0.168 e. The second-order valence-electron chi connectivity index (χ2n) is 2.86. The number of carbonyl (C=O) groups excluding carboxylic acids is 1. The molecule has 0 N–H and O–H groups in total. The highest BCUT2D eigenvalue weighted by atomic mass is 32.2. The summed E-state index contributed by atoms with van der Waals surface area (Å²) in [4.78, 5) is 16.6. The molecule has 0 aliphatic carbocycles. The summed E-state index contributed by atoms with van der Waals surface area (Å²) in [7, 11) is 0. The van der Waals surface area contributed by atoms with Crippen LogP contribution in [0.5, 0.6) is 0 Å². The Morgan fingerprint density at radius 3 is 3.00 bits per heavy atom. The van der Waals surface area contributed by atoms with Crippen molar-refractivity contribution in [3.05, 3.63) is 24.0 Å². The van der Waals surface area contributed by atoms with Crippen LogP contribution in [0.15, 0.2) is 18.3 Å². The highest BCUT2D eigenvalue weighted by Crippen LogP contribution is 2.21. The van der Waals surface area contributed by atoms with Gasteiger partial charge < -0.3 is 4.90 Å². The van der Waals surface area contributed by atoms with Gasteiger partial charge in [0.25, 0.3) is 0 Å². The number of pyridine rings is 1. The summed E-state index contributed by atoms with van der Waals surface area (Å²) in [5.41, 5.74) is 1.60. The monoisotopic (exact) mass is 194 g/mol. The van der Waals surface area contributed by atoms with E-state index in [1.807, 2.05) is 17.8 Å². The van der Waals surface area contributed by atoms with Crippen LogP contribution in [0.4, 0.5) is 5.69 Å². The molecule has 0 saturated carbocycles. The zero-order chi connectivity index (χ0) is 9.10. The minimum Gasteiger partial charge on any atom is -0.360 e. The van der Waals surface area contributed by atoms with Gasteiger partial charge in [0.15, 0.2) is 6.29 Å². The zero-order valence-corrected chi connectivity index (χ0v) is 7.96. The molecular weight excluding hydrogens is 184 g/mol. The molecule has 68 valence electrons. The van der Waals surface area contributed by atoms with E-state index < -0.39 is 0 Å². The molecule has 2 rings (SSSR count). The van der Waals surface area contributed by atoms with E-state index in [1.54, 1.807) is 12.3 Å². The zero-order valence-electron chi connectivity index (χ0n) is 7.14. The Morgan fingerprint density at radius 2 is 2.46 bits per heavy atom. The van der Waals surface area contributed by atoms with Gasteiger partial charge in [-0.05, 0) is 12.1 Å². The van der Waals surface area contributed by atoms with Crippen LogP contribution in [0, 0.1) is 0 Å². The summed E-state index contributed by atoms with van der Waals surface area (Å²) in [6, 6.07) is 3.70. The van der Waals surface area contributed by atoms with Crippen molar-refractivity contribution >= 4 is 23.7 Å². The summed E-state index contributed by atoms with van der Waals surface area (Å²) >= 11 is 1.92. The first-order valence-corrected chi connectivity index (χ1v) is 5.29. The van der Waals surface area contributed by atoms with E-state index >= 15 is 0 Å². The van der Waals surface area contributed by atoms with E-state index in [1.165, 1.54) is 5.75 Å². The third-order valence-electron chi connectivity index (χ3n) is 2.01. The SMILES string of the molecule is O=Cc1ccc(N2CCSC2)cn1. The molecule has 0 atom stereocenters. The van der Waals surface area contributed by atoms with Gasteiger partial charge in [0.05, 0.1) is 17.8 Å². The van der Waals surface area contributed by atoms with Gasteiger partial charge in [0, 0.05) is 12.3 Å². The molecule has 0 unspecified atom stereocenters. The Kier molecular flexibility index (Phi) is 2.49. The number of aldehydes is 1. The molecule has 0 spiro atoms. The molecule has 1 aliphatic rings. The lowest BCUT2D eigenvalue weighted by Crippen LogP contribution is -2.18. The summed E-state index contributed by atoms with van der Waals surface area (Å²) in [6.45, 7) is 1.08. The first-order valence-electron chi connectivity index (χ1n) is 4.14. The second kappa shape index (κ2) is 3.79. The van der Waals surface area contributed by atoms with Crippen LogP contribution in [0.2, 0.25) is 0 Å². The summed E-state index contributed by atoms with van der Waals surface area (Å²) in [6.07, 6.45) is 2.53. The Morgan fingerprint density at radius 1 is 1.54 bits per heavy atom. The summed E-state index contributed by atoms with van der Waals surface area (Å²) in [5.74, 6) is 2.21. The van der Waals surface area contributed by atoms with E-state index in [0.29, 0.717) is 5.69 Å². The van der Waals surface area contributed by atoms with Crippen LogP contribution < -0.4 is 4.90 Å². The number of thioether (sulfide) groups is 1. The molecule has 2 heterocycles. The van der Waals surface area contributed by atoms with Gasteiger partial charge in [-0.3, -0.25) is 9.78 Å². The van der Waals surface area contributed by atoms with Crippen molar-refractivity contribution in [3.8, 4) is 0 Å². The molecule has 3 nitrogen and oxygen atoms in total. The first-order chi connectivity index (χ1) is 6.40. The van der Waals surface area contributed by atoms with Crippen molar-refractivity contribution in [2.24, 2.45) is 0 Å². The Hall–Kier alpha value is -1.03. The van der Waals surface area contributed by atoms with Crippen molar-refractivity contribution in [3.63, 3.8) is 0 Å². The van der Waals surface area contributed by atoms with Gasteiger partial charge in [0.1, 0.15) is 5.69 Å². The van der Waals surface area contributed by atoms with E-state index in [-0.39, 0.29) is 0 Å². The maximum atomic E-state index is 10.4. The lowest BCUT2D eigenvalue weighted by atomic mass is 10.3.